The van der Waals surface area contributed by atoms with Crippen LogP contribution in [-0.2, 0) is 14.9 Å². The van der Waals surface area contributed by atoms with Crippen LogP contribution >= 0.6 is 11.6 Å². The first-order valence-corrected chi connectivity index (χ1v) is 8.44. The highest BCUT2D eigenvalue weighted by Crippen LogP contribution is 2.26. The zero-order chi connectivity index (χ0) is 16.9. The standard InChI is InChI=1S/C15H14ClNO5S/c1-2-21-15(18)17-11-6-5-7-12(10-11)22-23(19,20)14-9-4-3-8-13(14)16/h3-10H,2H2,1H3,(H,17,18). The van der Waals surface area contributed by atoms with Crippen molar-refractivity contribution in [1.29, 1.82) is 0 Å². The number of nitrogens with one attached hydrogen (secondary N) is 1. The fraction of sp³-hybridized carbons (Fsp3) is 0.133. The maximum absolute atomic E-state index is 12.2. The quantitative estimate of drug-likeness (QED) is 0.827. The van der Waals surface area contributed by atoms with Crippen molar-refractivity contribution in [3.8, 4) is 5.75 Å². The van der Waals surface area contributed by atoms with E-state index < -0.39 is 16.2 Å². The molecule has 122 valence electrons. The Kier molecular flexibility index (Phi) is 5.46. The van der Waals surface area contributed by atoms with Crippen molar-refractivity contribution in [2.75, 3.05) is 11.9 Å². The van der Waals surface area contributed by atoms with Gasteiger partial charge in [-0.25, -0.2) is 4.79 Å². The van der Waals surface area contributed by atoms with E-state index in [0.29, 0.717) is 5.69 Å². The first kappa shape index (κ1) is 17.1. The van der Waals surface area contributed by atoms with Crippen molar-refractivity contribution in [1.82, 2.24) is 0 Å². The number of carbonyl (C=O) groups is 1. The maximum Gasteiger partial charge on any atom is 0.411 e. The minimum Gasteiger partial charge on any atom is -0.450 e. The Morgan fingerprint density at radius 2 is 1.91 bits per heavy atom. The number of benzene rings is 2. The van der Waals surface area contributed by atoms with Crippen molar-refractivity contribution >= 4 is 33.5 Å². The van der Waals surface area contributed by atoms with Gasteiger partial charge >= 0.3 is 16.2 Å². The van der Waals surface area contributed by atoms with Crippen LogP contribution in [0.3, 0.4) is 0 Å². The Hall–Kier alpha value is -2.25. The summed E-state index contributed by atoms with van der Waals surface area (Å²) in [6, 6.07) is 11.9. The Bertz CT molecular complexity index is 807. The second-order valence-electron chi connectivity index (χ2n) is 4.34. The molecule has 6 nitrogen and oxygen atoms in total. The fourth-order valence-corrected chi connectivity index (χ4v) is 3.15. The number of ether oxygens (including phenoxy) is 1. The van der Waals surface area contributed by atoms with Crippen LogP contribution in [0.25, 0.3) is 0 Å². The summed E-state index contributed by atoms with van der Waals surface area (Å²) in [5, 5.41) is 2.52. The SMILES string of the molecule is CCOC(=O)Nc1cccc(OS(=O)(=O)c2ccccc2Cl)c1. The smallest absolute Gasteiger partial charge is 0.411 e. The van der Waals surface area contributed by atoms with Gasteiger partial charge in [-0.05, 0) is 31.2 Å². The van der Waals surface area contributed by atoms with E-state index in [1.165, 1.54) is 24.3 Å². The number of hydrogen-bond donors (Lipinski definition) is 1. The van der Waals surface area contributed by atoms with Crippen LogP contribution in [0.15, 0.2) is 53.4 Å². The van der Waals surface area contributed by atoms with E-state index in [-0.39, 0.29) is 22.3 Å². The summed E-state index contributed by atoms with van der Waals surface area (Å²) in [5.74, 6) is 0.0409. The lowest BCUT2D eigenvalue weighted by molar-refractivity contribution is 0.168. The molecule has 8 heteroatoms. The van der Waals surface area contributed by atoms with E-state index >= 15 is 0 Å². The van der Waals surface area contributed by atoms with E-state index in [2.05, 4.69) is 5.32 Å². The number of anilines is 1. The molecule has 0 aliphatic carbocycles. The Balaban J connectivity index is 2.20. The van der Waals surface area contributed by atoms with Crippen LogP contribution in [0.2, 0.25) is 5.02 Å². The van der Waals surface area contributed by atoms with Crippen molar-refractivity contribution in [2.24, 2.45) is 0 Å². The van der Waals surface area contributed by atoms with Crippen molar-refractivity contribution < 1.29 is 22.1 Å². The molecular formula is C15H14ClNO5S. The molecular weight excluding hydrogens is 342 g/mol. The molecule has 0 saturated carbocycles. The van der Waals surface area contributed by atoms with Gasteiger partial charge in [0.1, 0.15) is 10.6 Å². The molecule has 0 saturated heterocycles. The molecule has 0 aromatic heterocycles. The molecule has 0 fully saturated rings. The third kappa shape index (κ3) is 4.61. The summed E-state index contributed by atoms with van der Waals surface area (Å²) in [6.07, 6.45) is -0.640. The van der Waals surface area contributed by atoms with Crippen molar-refractivity contribution in [3.63, 3.8) is 0 Å². The summed E-state index contributed by atoms with van der Waals surface area (Å²) in [7, 11) is -4.08. The Labute approximate surface area is 139 Å². The summed E-state index contributed by atoms with van der Waals surface area (Å²) in [5.41, 5.74) is 0.343. The van der Waals surface area contributed by atoms with Crippen LogP contribution in [0.1, 0.15) is 6.92 Å². The number of rotatable bonds is 5. The highest BCUT2D eigenvalue weighted by Gasteiger charge is 2.20. The summed E-state index contributed by atoms with van der Waals surface area (Å²) in [6.45, 7) is 1.90. The monoisotopic (exact) mass is 355 g/mol. The molecule has 1 N–H and O–H groups in total. The maximum atomic E-state index is 12.2. The number of halogens is 1. The van der Waals surface area contributed by atoms with Crippen LogP contribution in [0.5, 0.6) is 5.75 Å². The van der Waals surface area contributed by atoms with Gasteiger partial charge in [0.05, 0.1) is 11.6 Å². The fourth-order valence-electron chi connectivity index (χ4n) is 1.73. The number of amides is 1. The Morgan fingerprint density at radius 1 is 1.17 bits per heavy atom. The van der Waals surface area contributed by atoms with Gasteiger partial charge in [0, 0.05) is 11.8 Å². The normalized spacial score (nSPS) is 10.9. The van der Waals surface area contributed by atoms with Gasteiger partial charge in [-0.3, -0.25) is 5.32 Å². The third-order valence-electron chi connectivity index (χ3n) is 2.67. The molecule has 2 rings (SSSR count). The topological polar surface area (TPSA) is 81.7 Å². The highest BCUT2D eigenvalue weighted by atomic mass is 35.5. The summed E-state index contributed by atoms with van der Waals surface area (Å²) >= 11 is 5.88. The average Bonchev–Trinajstić information content (AvgIpc) is 2.47. The van der Waals surface area contributed by atoms with E-state index in [0.717, 1.165) is 0 Å². The second kappa shape index (κ2) is 7.34. The molecule has 0 unspecified atom stereocenters. The van der Waals surface area contributed by atoms with Crippen LogP contribution in [-0.4, -0.2) is 21.1 Å². The highest BCUT2D eigenvalue weighted by molar-refractivity contribution is 7.87. The molecule has 0 atom stereocenters. The second-order valence-corrected chi connectivity index (χ2v) is 6.26. The molecule has 0 aliphatic heterocycles. The number of hydrogen-bond acceptors (Lipinski definition) is 5. The molecule has 1 amide bonds. The lowest BCUT2D eigenvalue weighted by Gasteiger charge is -2.10. The first-order chi connectivity index (χ1) is 10.9. The number of carbonyl (C=O) groups excluding carboxylic acids is 1. The van der Waals surface area contributed by atoms with Gasteiger partial charge in [0.2, 0.25) is 0 Å². The van der Waals surface area contributed by atoms with Gasteiger partial charge in [-0.15, -0.1) is 0 Å². The summed E-state index contributed by atoms with van der Waals surface area (Å²) in [4.78, 5) is 11.2. The van der Waals surface area contributed by atoms with Crippen molar-refractivity contribution in [3.05, 3.63) is 53.6 Å². The molecule has 0 radical (unpaired) electrons. The lowest BCUT2D eigenvalue weighted by Crippen LogP contribution is -2.14. The largest absolute Gasteiger partial charge is 0.450 e. The van der Waals surface area contributed by atoms with Gasteiger partial charge in [-0.2, -0.15) is 8.42 Å². The molecule has 2 aromatic carbocycles. The zero-order valence-electron chi connectivity index (χ0n) is 12.2. The van der Waals surface area contributed by atoms with Crippen LogP contribution in [0.4, 0.5) is 10.5 Å². The Morgan fingerprint density at radius 3 is 2.61 bits per heavy atom. The molecule has 0 bridgehead atoms. The third-order valence-corrected chi connectivity index (χ3v) is 4.42. The molecule has 23 heavy (non-hydrogen) atoms. The lowest BCUT2D eigenvalue weighted by atomic mass is 10.3. The average molecular weight is 356 g/mol. The molecule has 0 heterocycles. The minimum atomic E-state index is -4.08. The molecule has 0 aliphatic rings. The van der Waals surface area contributed by atoms with Gasteiger partial charge < -0.3 is 8.92 Å². The predicted octanol–water partition coefficient (Wildman–Crippen LogP) is 3.68. The summed E-state index contributed by atoms with van der Waals surface area (Å²) < 4.78 is 34.3. The van der Waals surface area contributed by atoms with E-state index in [1.54, 1.807) is 31.2 Å². The molecule has 2 aromatic rings. The van der Waals surface area contributed by atoms with Crippen LogP contribution in [0, 0.1) is 0 Å². The van der Waals surface area contributed by atoms with E-state index in [4.69, 9.17) is 20.5 Å². The first-order valence-electron chi connectivity index (χ1n) is 6.65. The van der Waals surface area contributed by atoms with E-state index in [1.807, 2.05) is 0 Å². The predicted molar refractivity (Wildman–Crippen MR) is 86.4 cm³/mol. The van der Waals surface area contributed by atoms with Crippen molar-refractivity contribution in [2.45, 2.75) is 11.8 Å². The molecule has 0 spiro atoms. The zero-order valence-corrected chi connectivity index (χ0v) is 13.7. The minimum absolute atomic E-state index is 0.0409. The van der Waals surface area contributed by atoms with E-state index in [9.17, 15) is 13.2 Å². The van der Waals surface area contributed by atoms with Gasteiger partial charge in [-0.1, -0.05) is 29.8 Å². The van der Waals surface area contributed by atoms with Gasteiger partial charge in [0.15, 0.2) is 0 Å². The van der Waals surface area contributed by atoms with Crippen LogP contribution < -0.4 is 9.50 Å². The van der Waals surface area contributed by atoms with Gasteiger partial charge in [0.25, 0.3) is 0 Å².